The van der Waals surface area contributed by atoms with E-state index in [1.165, 1.54) is 42.2 Å². The molecule has 1 amide bonds. The summed E-state index contributed by atoms with van der Waals surface area (Å²) in [6.45, 7) is -1.59. The van der Waals surface area contributed by atoms with Gasteiger partial charge >= 0.3 is 6.61 Å². The molecule has 3 aromatic rings. The fraction of sp³-hybridized carbons (Fsp3) is 0.150. The molecule has 12 heteroatoms. The number of nitrogen functional groups attached to an aromatic ring is 1. The minimum Gasteiger partial charge on any atom is -0.435 e. The van der Waals surface area contributed by atoms with Crippen molar-refractivity contribution < 1.29 is 31.9 Å². The molecule has 1 unspecified atom stereocenters. The summed E-state index contributed by atoms with van der Waals surface area (Å²) in [5.74, 6) is -3.90. The molecule has 0 saturated carbocycles. The summed E-state index contributed by atoms with van der Waals surface area (Å²) >= 11 is 0.801. The summed E-state index contributed by atoms with van der Waals surface area (Å²) in [6, 6.07) is 6.85. The van der Waals surface area contributed by atoms with Crippen molar-refractivity contribution in [1.82, 2.24) is 4.98 Å². The van der Waals surface area contributed by atoms with E-state index in [1.807, 2.05) is 0 Å². The molecule has 1 atom stereocenters. The number of rotatable bonds is 8. The lowest BCUT2D eigenvalue weighted by atomic mass is 10.1. The van der Waals surface area contributed by atoms with Crippen molar-refractivity contribution in [3.8, 4) is 5.75 Å². The van der Waals surface area contributed by atoms with Crippen molar-refractivity contribution in [2.45, 2.75) is 19.6 Å². The predicted octanol–water partition coefficient (Wildman–Crippen LogP) is 3.85. The van der Waals surface area contributed by atoms with Gasteiger partial charge in [0.1, 0.15) is 22.5 Å². The first-order valence-electron chi connectivity index (χ1n) is 8.98. The molecule has 0 aliphatic heterocycles. The van der Waals surface area contributed by atoms with E-state index in [1.54, 1.807) is 0 Å². The molecule has 0 aliphatic carbocycles. The Hall–Kier alpha value is -3.67. The van der Waals surface area contributed by atoms with Crippen LogP contribution in [0.5, 0.6) is 5.75 Å². The van der Waals surface area contributed by atoms with Crippen LogP contribution < -0.4 is 21.1 Å². The Morgan fingerprint density at radius 2 is 1.75 bits per heavy atom. The Morgan fingerprint density at radius 3 is 2.31 bits per heavy atom. The molecular formula is C20H16F4N4O3S. The number of hydrogen-bond acceptors (Lipinski definition) is 7. The first-order chi connectivity index (χ1) is 15.1. The van der Waals surface area contributed by atoms with Crippen LogP contribution in [0.3, 0.4) is 0 Å². The number of carbonyl (C=O) groups is 2. The van der Waals surface area contributed by atoms with Crippen LogP contribution in [-0.2, 0) is 4.79 Å². The topological polar surface area (TPSA) is 112 Å². The number of alkyl halides is 2. The largest absolute Gasteiger partial charge is 0.435 e. The fourth-order valence-corrected chi connectivity index (χ4v) is 3.82. The van der Waals surface area contributed by atoms with Crippen molar-refractivity contribution in [3.63, 3.8) is 0 Å². The summed E-state index contributed by atoms with van der Waals surface area (Å²) in [4.78, 5) is 30.0. The molecule has 1 aromatic heterocycles. The molecule has 4 N–H and O–H groups in total. The van der Waals surface area contributed by atoms with Crippen LogP contribution >= 0.6 is 11.3 Å². The van der Waals surface area contributed by atoms with Crippen LogP contribution in [0.15, 0.2) is 42.5 Å². The Morgan fingerprint density at radius 1 is 1.09 bits per heavy atom. The van der Waals surface area contributed by atoms with Crippen LogP contribution in [0.25, 0.3) is 0 Å². The Labute approximate surface area is 183 Å². The number of thiazole rings is 1. The first kappa shape index (κ1) is 23.0. The normalized spacial score (nSPS) is 11.9. The smallest absolute Gasteiger partial charge is 0.387 e. The standard InChI is InChI=1S/C20H16F4N4O3S/c1-9(18(26)30)28(11-4-7-13(21)14(22)8-11)20-27-17(25)16(32-20)15(29)10-2-5-12(6-3-10)31-19(23)24/h2-9,19H,25H2,1H3,(H2,26,30). The van der Waals surface area contributed by atoms with Gasteiger partial charge in [-0.25, -0.2) is 13.8 Å². The molecule has 0 spiro atoms. The van der Waals surface area contributed by atoms with Gasteiger partial charge in [0.25, 0.3) is 0 Å². The number of hydrogen-bond donors (Lipinski definition) is 2. The van der Waals surface area contributed by atoms with E-state index in [0.717, 1.165) is 23.5 Å². The first-order valence-corrected chi connectivity index (χ1v) is 9.79. The Balaban J connectivity index is 1.98. The van der Waals surface area contributed by atoms with Crippen molar-refractivity contribution >= 4 is 39.7 Å². The molecule has 32 heavy (non-hydrogen) atoms. The summed E-state index contributed by atoms with van der Waals surface area (Å²) in [6.07, 6.45) is 0. The number of nitrogens with two attached hydrogens (primary N) is 2. The SMILES string of the molecule is CC(C(N)=O)N(c1ccc(F)c(F)c1)c1nc(N)c(C(=O)c2ccc(OC(F)F)cc2)s1. The number of ketones is 1. The second-order valence-electron chi connectivity index (χ2n) is 6.49. The van der Waals surface area contributed by atoms with Crippen LogP contribution in [0.2, 0.25) is 0 Å². The molecule has 1 heterocycles. The van der Waals surface area contributed by atoms with Crippen molar-refractivity contribution in [1.29, 1.82) is 0 Å². The number of primary amides is 1. The Kier molecular flexibility index (Phi) is 6.63. The molecule has 0 aliphatic rings. The third kappa shape index (κ3) is 4.80. The maximum atomic E-state index is 13.8. The van der Waals surface area contributed by atoms with Gasteiger partial charge in [-0.1, -0.05) is 11.3 Å². The average molecular weight is 468 g/mol. The Bertz CT molecular complexity index is 1150. The van der Waals surface area contributed by atoms with Gasteiger partial charge in [0.2, 0.25) is 11.7 Å². The number of amides is 1. The quantitative estimate of drug-likeness (QED) is 0.384. The molecule has 7 nitrogen and oxygen atoms in total. The molecule has 0 bridgehead atoms. The van der Waals surface area contributed by atoms with E-state index < -0.39 is 36.0 Å². The third-order valence-electron chi connectivity index (χ3n) is 4.38. The lowest BCUT2D eigenvalue weighted by Gasteiger charge is -2.26. The molecular weight excluding hydrogens is 452 g/mol. The lowest BCUT2D eigenvalue weighted by Crippen LogP contribution is -2.40. The molecule has 168 valence electrons. The minimum absolute atomic E-state index is 0.00761. The predicted molar refractivity (Wildman–Crippen MR) is 110 cm³/mol. The van der Waals surface area contributed by atoms with Gasteiger partial charge in [-0.3, -0.25) is 9.59 Å². The van der Waals surface area contributed by atoms with E-state index in [4.69, 9.17) is 11.5 Å². The van der Waals surface area contributed by atoms with E-state index in [-0.39, 0.29) is 32.8 Å². The monoisotopic (exact) mass is 468 g/mol. The fourth-order valence-electron chi connectivity index (χ4n) is 2.77. The summed E-state index contributed by atoms with van der Waals surface area (Å²) in [5, 5.41) is 0.0424. The van der Waals surface area contributed by atoms with Gasteiger partial charge in [-0.05, 0) is 43.3 Å². The molecule has 3 rings (SSSR count). The number of carbonyl (C=O) groups excluding carboxylic acids is 2. The number of benzene rings is 2. The van der Waals surface area contributed by atoms with E-state index in [0.29, 0.717) is 0 Å². The summed E-state index contributed by atoms with van der Waals surface area (Å²) < 4.78 is 56.0. The van der Waals surface area contributed by atoms with Crippen LogP contribution in [-0.4, -0.2) is 29.3 Å². The minimum atomic E-state index is -3.01. The lowest BCUT2D eigenvalue weighted by molar-refractivity contribution is -0.118. The van der Waals surface area contributed by atoms with Gasteiger partial charge in [-0.15, -0.1) is 0 Å². The van der Waals surface area contributed by atoms with Gasteiger partial charge in [0, 0.05) is 17.3 Å². The number of aromatic nitrogens is 1. The molecule has 2 aromatic carbocycles. The van der Waals surface area contributed by atoms with Crippen LogP contribution in [0.4, 0.5) is 34.2 Å². The van der Waals surface area contributed by atoms with Gasteiger partial charge in [0.05, 0.1) is 0 Å². The number of halogens is 4. The second-order valence-corrected chi connectivity index (χ2v) is 7.47. The second kappa shape index (κ2) is 9.22. The number of nitrogens with zero attached hydrogens (tertiary/aromatic N) is 2. The zero-order valence-corrected chi connectivity index (χ0v) is 17.2. The number of anilines is 3. The van der Waals surface area contributed by atoms with Crippen molar-refractivity contribution in [2.24, 2.45) is 5.73 Å². The highest BCUT2D eigenvalue weighted by atomic mass is 32.1. The summed E-state index contributed by atoms with van der Waals surface area (Å²) in [5.41, 5.74) is 11.5. The highest BCUT2D eigenvalue weighted by molar-refractivity contribution is 7.18. The van der Waals surface area contributed by atoms with Crippen molar-refractivity contribution in [3.05, 3.63) is 64.5 Å². The van der Waals surface area contributed by atoms with Crippen LogP contribution in [0.1, 0.15) is 22.2 Å². The van der Waals surface area contributed by atoms with Crippen LogP contribution in [0, 0.1) is 11.6 Å². The summed E-state index contributed by atoms with van der Waals surface area (Å²) in [7, 11) is 0. The maximum absolute atomic E-state index is 13.8. The van der Waals surface area contributed by atoms with E-state index in [9.17, 15) is 27.2 Å². The van der Waals surface area contributed by atoms with Gasteiger partial charge in [-0.2, -0.15) is 8.78 Å². The van der Waals surface area contributed by atoms with E-state index in [2.05, 4.69) is 9.72 Å². The zero-order chi connectivity index (χ0) is 23.6. The van der Waals surface area contributed by atoms with Crippen molar-refractivity contribution in [2.75, 3.05) is 10.6 Å². The maximum Gasteiger partial charge on any atom is 0.387 e. The highest BCUT2D eigenvalue weighted by Crippen LogP contribution is 2.36. The molecule has 0 saturated heterocycles. The van der Waals surface area contributed by atoms with E-state index >= 15 is 0 Å². The van der Waals surface area contributed by atoms with Gasteiger partial charge in [0.15, 0.2) is 16.8 Å². The number of ether oxygens (including phenoxy) is 1. The third-order valence-corrected chi connectivity index (χ3v) is 5.45. The highest BCUT2D eigenvalue weighted by Gasteiger charge is 2.28. The van der Waals surface area contributed by atoms with Gasteiger partial charge < -0.3 is 21.1 Å². The molecule has 0 radical (unpaired) electrons. The zero-order valence-electron chi connectivity index (χ0n) is 16.4. The molecule has 0 fully saturated rings. The average Bonchev–Trinajstić information content (AvgIpc) is 3.11.